The molecule has 0 unspecified atom stereocenters. The molecule has 0 aliphatic carbocycles. The SMILES string of the molecule is COc1cccc(Sc2ccc(CNC(C)C)cc2)c1. The van der Waals surface area contributed by atoms with Crippen LogP contribution in [0.15, 0.2) is 58.3 Å². The zero-order valence-electron chi connectivity index (χ0n) is 12.2. The summed E-state index contributed by atoms with van der Waals surface area (Å²) in [6.45, 7) is 5.24. The highest BCUT2D eigenvalue weighted by molar-refractivity contribution is 7.99. The van der Waals surface area contributed by atoms with Crippen LogP contribution in [0.4, 0.5) is 0 Å². The highest BCUT2D eigenvalue weighted by Gasteiger charge is 2.00. The molecule has 0 saturated carbocycles. The van der Waals surface area contributed by atoms with E-state index < -0.39 is 0 Å². The van der Waals surface area contributed by atoms with Gasteiger partial charge < -0.3 is 10.1 Å². The van der Waals surface area contributed by atoms with E-state index in [-0.39, 0.29) is 0 Å². The molecular weight excluding hydrogens is 266 g/mol. The van der Waals surface area contributed by atoms with Gasteiger partial charge in [0.05, 0.1) is 7.11 Å². The van der Waals surface area contributed by atoms with Crippen LogP contribution in [0.1, 0.15) is 19.4 Å². The van der Waals surface area contributed by atoms with E-state index >= 15 is 0 Å². The highest BCUT2D eigenvalue weighted by Crippen LogP contribution is 2.30. The summed E-state index contributed by atoms with van der Waals surface area (Å²) in [6.07, 6.45) is 0. The standard InChI is InChI=1S/C17H21NOS/c1-13(2)18-12-14-7-9-16(10-8-14)20-17-6-4-5-15(11-17)19-3/h4-11,13,18H,12H2,1-3H3. The van der Waals surface area contributed by atoms with Gasteiger partial charge in [-0.25, -0.2) is 0 Å². The summed E-state index contributed by atoms with van der Waals surface area (Å²) in [5.41, 5.74) is 1.31. The third-order valence-electron chi connectivity index (χ3n) is 2.91. The molecule has 0 heterocycles. The van der Waals surface area contributed by atoms with Crippen molar-refractivity contribution in [3.05, 3.63) is 54.1 Å². The van der Waals surface area contributed by atoms with E-state index in [1.807, 2.05) is 12.1 Å². The molecule has 2 rings (SSSR count). The molecule has 0 saturated heterocycles. The van der Waals surface area contributed by atoms with E-state index in [0.29, 0.717) is 6.04 Å². The van der Waals surface area contributed by atoms with Crippen molar-refractivity contribution >= 4 is 11.8 Å². The van der Waals surface area contributed by atoms with E-state index in [4.69, 9.17) is 4.74 Å². The summed E-state index contributed by atoms with van der Waals surface area (Å²) in [5.74, 6) is 0.896. The first-order chi connectivity index (χ1) is 9.67. The Morgan fingerprint density at radius 2 is 1.80 bits per heavy atom. The van der Waals surface area contributed by atoms with Gasteiger partial charge in [-0.15, -0.1) is 0 Å². The van der Waals surface area contributed by atoms with Crippen LogP contribution in [0.3, 0.4) is 0 Å². The lowest BCUT2D eigenvalue weighted by Crippen LogP contribution is -2.21. The van der Waals surface area contributed by atoms with Crippen molar-refractivity contribution in [2.24, 2.45) is 0 Å². The number of hydrogen-bond acceptors (Lipinski definition) is 3. The zero-order chi connectivity index (χ0) is 14.4. The Morgan fingerprint density at radius 1 is 1.05 bits per heavy atom. The van der Waals surface area contributed by atoms with Gasteiger partial charge >= 0.3 is 0 Å². The van der Waals surface area contributed by atoms with Gasteiger partial charge in [0.1, 0.15) is 5.75 Å². The molecule has 0 atom stereocenters. The first-order valence-electron chi connectivity index (χ1n) is 6.81. The maximum Gasteiger partial charge on any atom is 0.119 e. The largest absolute Gasteiger partial charge is 0.497 e. The predicted molar refractivity (Wildman–Crippen MR) is 85.5 cm³/mol. The molecular formula is C17H21NOS. The van der Waals surface area contributed by atoms with Crippen LogP contribution < -0.4 is 10.1 Å². The van der Waals surface area contributed by atoms with Crippen molar-refractivity contribution in [2.45, 2.75) is 36.2 Å². The lowest BCUT2D eigenvalue weighted by Gasteiger charge is -2.09. The van der Waals surface area contributed by atoms with Crippen LogP contribution in [0, 0.1) is 0 Å². The first-order valence-corrected chi connectivity index (χ1v) is 7.63. The summed E-state index contributed by atoms with van der Waals surface area (Å²) in [7, 11) is 1.69. The van der Waals surface area contributed by atoms with Crippen molar-refractivity contribution in [1.82, 2.24) is 5.32 Å². The topological polar surface area (TPSA) is 21.3 Å². The van der Waals surface area contributed by atoms with Crippen LogP contribution in [-0.4, -0.2) is 13.2 Å². The number of nitrogens with one attached hydrogen (secondary N) is 1. The molecule has 0 aromatic heterocycles. The van der Waals surface area contributed by atoms with Crippen LogP contribution in [-0.2, 0) is 6.54 Å². The molecule has 2 nitrogen and oxygen atoms in total. The molecule has 0 amide bonds. The fourth-order valence-electron chi connectivity index (χ4n) is 1.80. The van der Waals surface area contributed by atoms with Gasteiger partial charge in [-0.1, -0.05) is 43.8 Å². The monoisotopic (exact) mass is 287 g/mol. The number of hydrogen-bond donors (Lipinski definition) is 1. The van der Waals surface area contributed by atoms with Crippen molar-refractivity contribution in [3.8, 4) is 5.75 Å². The molecule has 0 spiro atoms. The molecule has 0 aliphatic rings. The Morgan fingerprint density at radius 3 is 2.45 bits per heavy atom. The summed E-state index contributed by atoms with van der Waals surface area (Å²) >= 11 is 1.75. The predicted octanol–water partition coefficient (Wildman–Crippen LogP) is 4.34. The third-order valence-corrected chi connectivity index (χ3v) is 3.91. The minimum atomic E-state index is 0.515. The average Bonchev–Trinajstić information content (AvgIpc) is 2.47. The molecule has 0 radical (unpaired) electrons. The zero-order valence-corrected chi connectivity index (χ0v) is 13.0. The normalized spacial score (nSPS) is 10.8. The molecule has 0 bridgehead atoms. The number of methoxy groups -OCH3 is 1. The minimum absolute atomic E-state index is 0.515. The molecule has 2 aromatic rings. The Hall–Kier alpha value is -1.45. The molecule has 0 aliphatic heterocycles. The number of benzene rings is 2. The van der Waals surface area contributed by atoms with Gasteiger partial charge in [-0.05, 0) is 35.9 Å². The maximum atomic E-state index is 5.24. The van der Waals surface area contributed by atoms with Gasteiger partial charge in [-0.2, -0.15) is 0 Å². The fourth-order valence-corrected chi connectivity index (χ4v) is 2.66. The van der Waals surface area contributed by atoms with Gasteiger partial charge in [-0.3, -0.25) is 0 Å². The smallest absolute Gasteiger partial charge is 0.119 e. The Bertz CT molecular complexity index is 537. The lowest BCUT2D eigenvalue weighted by atomic mass is 10.2. The van der Waals surface area contributed by atoms with Crippen molar-refractivity contribution in [2.75, 3.05) is 7.11 Å². The Kier molecular flexibility index (Phi) is 5.50. The molecule has 106 valence electrons. The fraction of sp³-hybridized carbons (Fsp3) is 0.294. The van der Waals surface area contributed by atoms with Gasteiger partial charge in [0.2, 0.25) is 0 Å². The van der Waals surface area contributed by atoms with Crippen molar-refractivity contribution < 1.29 is 4.74 Å². The third kappa shape index (κ3) is 4.58. The van der Waals surface area contributed by atoms with Gasteiger partial charge in [0.15, 0.2) is 0 Å². The highest BCUT2D eigenvalue weighted by atomic mass is 32.2. The lowest BCUT2D eigenvalue weighted by molar-refractivity contribution is 0.413. The second-order valence-electron chi connectivity index (χ2n) is 4.96. The van der Waals surface area contributed by atoms with E-state index in [9.17, 15) is 0 Å². The Balaban J connectivity index is 1.99. The summed E-state index contributed by atoms with van der Waals surface area (Å²) in [5, 5.41) is 3.42. The summed E-state index contributed by atoms with van der Waals surface area (Å²) < 4.78 is 5.24. The van der Waals surface area contributed by atoms with E-state index in [1.165, 1.54) is 15.4 Å². The number of rotatable bonds is 6. The van der Waals surface area contributed by atoms with Crippen molar-refractivity contribution in [1.29, 1.82) is 0 Å². The molecule has 1 N–H and O–H groups in total. The van der Waals surface area contributed by atoms with E-state index in [0.717, 1.165) is 12.3 Å². The number of ether oxygens (including phenoxy) is 1. The summed E-state index contributed by atoms with van der Waals surface area (Å²) in [4.78, 5) is 2.43. The second-order valence-corrected chi connectivity index (χ2v) is 6.11. The quantitative estimate of drug-likeness (QED) is 0.853. The van der Waals surface area contributed by atoms with Gasteiger partial charge in [0.25, 0.3) is 0 Å². The first kappa shape index (κ1) is 14.9. The molecule has 0 fully saturated rings. The molecule has 20 heavy (non-hydrogen) atoms. The molecule has 2 aromatic carbocycles. The van der Waals surface area contributed by atoms with E-state index in [2.05, 4.69) is 55.6 Å². The molecule has 3 heteroatoms. The maximum absolute atomic E-state index is 5.24. The van der Waals surface area contributed by atoms with Crippen LogP contribution in [0.5, 0.6) is 5.75 Å². The summed E-state index contributed by atoms with van der Waals surface area (Å²) in [6, 6.07) is 17.3. The van der Waals surface area contributed by atoms with E-state index in [1.54, 1.807) is 18.9 Å². The van der Waals surface area contributed by atoms with Crippen LogP contribution in [0.25, 0.3) is 0 Å². The van der Waals surface area contributed by atoms with Crippen LogP contribution >= 0.6 is 11.8 Å². The van der Waals surface area contributed by atoms with Crippen LogP contribution in [0.2, 0.25) is 0 Å². The van der Waals surface area contributed by atoms with Crippen molar-refractivity contribution in [3.63, 3.8) is 0 Å². The minimum Gasteiger partial charge on any atom is -0.497 e. The van der Waals surface area contributed by atoms with Gasteiger partial charge in [0, 0.05) is 22.4 Å². The average molecular weight is 287 g/mol. The second kappa shape index (κ2) is 7.36. The Labute approximate surface area is 125 Å².